The lowest BCUT2D eigenvalue weighted by Crippen LogP contribution is -2.31. The van der Waals surface area contributed by atoms with Gasteiger partial charge in [0.05, 0.1) is 11.0 Å². The van der Waals surface area contributed by atoms with E-state index in [9.17, 15) is 9.59 Å². The van der Waals surface area contributed by atoms with Crippen LogP contribution in [0.15, 0.2) is 59.7 Å². The van der Waals surface area contributed by atoms with Crippen LogP contribution >= 0.6 is 11.6 Å². The SMILES string of the molecule is C[C@@H]1Cc2cccc3c(=O)c(C(=O)NCCCNc4ccnc5cc(Cl)ccc45)cn1c23. The lowest BCUT2D eigenvalue weighted by molar-refractivity contribution is 0.0952. The molecule has 162 valence electrons. The highest BCUT2D eigenvalue weighted by Crippen LogP contribution is 2.30. The molecular weight excluding hydrogens is 424 g/mol. The molecular formula is C25H23ClN4O2. The molecule has 4 aromatic rings. The van der Waals surface area contributed by atoms with Gasteiger partial charge in [-0.05, 0) is 55.7 Å². The molecule has 1 amide bonds. The van der Waals surface area contributed by atoms with Crippen molar-refractivity contribution in [3.63, 3.8) is 0 Å². The summed E-state index contributed by atoms with van der Waals surface area (Å²) >= 11 is 6.05. The van der Waals surface area contributed by atoms with Crippen LogP contribution in [0.25, 0.3) is 21.8 Å². The fraction of sp³-hybridized carbons (Fsp3) is 0.240. The first kappa shape index (κ1) is 20.5. The number of carbonyl (C=O) groups is 1. The number of hydrogen-bond acceptors (Lipinski definition) is 4. The first-order valence-electron chi connectivity index (χ1n) is 10.8. The smallest absolute Gasteiger partial charge is 0.256 e. The Hall–Kier alpha value is -3.38. The summed E-state index contributed by atoms with van der Waals surface area (Å²) in [5.41, 5.74) is 3.92. The molecule has 0 aliphatic carbocycles. The van der Waals surface area contributed by atoms with Crippen molar-refractivity contribution in [2.45, 2.75) is 25.8 Å². The van der Waals surface area contributed by atoms with E-state index in [1.807, 2.05) is 36.4 Å². The highest BCUT2D eigenvalue weighted by molar-refractivity contribution is 6.31. The summed E-state index contributed by atoms with van der Waals surface area (Å²) in [7, 11) is 0. The fourth-order valence-corrected chi connectivity index (χ4v) is 4.63. The molecule has 32 heavy (non-hydrogen) atoms. The van der Waals surface area contributed by atoms with Crippen LogP contribution in [-0.4, -0.2) is 28.5 Å². The third-order valence-electron chi connectivity index (χ3n) is 6.03. The maximum atomic E-state index is 12.9. The van der Waals surface area contributed by atoms with Crippen LogP contribution in [0, 0.1) is 0 Å². The second-order valence-corrected chi connectivity index (χ2v) is 8.64. The van der Waals surface area contributed by atoms with E-state index in [0.29, 0.717) is 29.9 Å². The molecule has 3 heterocycles. The average Bonchev–Trinajstić information content (AvgIpc) is 3.11. The zero-order chi connectivity index (χ0) is 22.2. The summed E-state index contributed by atoms with van der Waals surface area (Å²) in [5, 5.41) is 8.55. The number of anilines is 1. The third kappa shape index (κ3) is 3.60. The van der Waals surface area contributed by atoms with Crippen LogP contribution < -0.4 is 16.1 Å². The molecule has 2 aromatic heterocycles. The minimum atomic E-state index is -0.325. The minimum Gasteiger partial charge on any atom is -0.384 e. The third-order valence-corrected chi connectivity index (χ3v) is 6.26. The van der Waals surface area contributed by atoms with Crippen LogP contribution in [0.4, 0.5) is 5.69 Å². The number of halogens is 1. The summed E-state index contributed by atoms with van der Waals surface area (Å²) in [6.07, 6.45) is 5.05. The van der Waals surface area contributed by atoms with Gasteiger partial charge in [-0.1, -0.05) is 23.7 Å². The largest absolute Gasteiger partial charge is 0.384 e. The number of nitrogens with one attached hydrogen (secondary N) is 2. The molecule has 0 unspecified atom stereocenters. The quantitative estimate of drug-likeness (QED) is 0.426. The van der Waals surface area contributed by atoms with Crippen molar-refractivity contribution >= 4 is 45.0 Å². The maximum Gasteiger partial charge on any atom is 0.256 e. The van der Waals surface area contributed by atoms with Crippen molar-refractivity contribution in [2.24, 2.45) is 0 Å². The first-order valence-corrected chi connectivity index (χ1v) is 11.1. The van der Waals surface area contributed by atoms with Crippen molar-refractivity contribution in [3.8, 4) is 0 Å². The Morgan fingerprint density at radius 3 is 2.94 bits per heavy atom. The molecule has 0 saturated heterocycles. The Kier molecular flexibility index (Phi) is 5.31. The molecule has 0 spiro atoms. The van der Waals surface area contributed by atoms with Gasteiger partial charge >= 0.3 is 0 Å². The monoisotopic (exact) mass is 446 g/mol. The predicted molar refractivity (Wildman–Crippen MR) is 129 cm³/mol. The van der Waals surface area contributed by atoms with Crippen molar-refractivity contribution in [1.29, 1.82) is 0 Å². The zero-order valence-corrected chi connectivity index (χ0v) is 18.4. The van der Waals surface area contributed by atoms with Gasteiger partial charge < -0.3 is 15.2 Å². The van der Waals surface area contributed by atoms with E-state index in [4.69, 9.17) is 11.6 Å². The summed E-state index contributed by atoms with van der Waals surface area (Å²) in [5.74, 6) is -0.325. The van der Waals surface area contributed by atoms with Gasteiger partial charge in [-0.25, -0.2) is 0 Å². The molecule has 0 fully saturated rings. The maximum absolute atomic E-state index is 12.9. The standard InChI is InChI=1S/C25H23ClN4O2/c1-15-12-16-4-2-5-19-23(16)30(15)14-20(24(19)31)25(32)29-10-3-9-27-21-8-11-28-22-13-17(26)6-7-18(21)22/h2,4-8,11,13-15H,3,9-10,12H2,1H3,(H,27,28)(H,29,32)/t15-/m1/s1. The fourth-order valence-electron chi connectivity index (χ4n) is 4.46. The van der Waals surface area contributed by atoms with Crippen molar-refractivity contribution in [3.05, 3.63) is 81.2 Å². The molecule has 0 saturated carbocycles. The van der Waals surface area contributed by atoms with Crippen LogP contribution in [-0.2, 0) is 6.42 Å². The highest BCUT2D eigenvalue weighted by atomic mass is 35.5. The lowest BCUT2D eigenvalue weighted by atomic mass is 10.1. The van der Waals surface area contributed by atoms with Gasteiger partial charge in [0, 0.05) is 53.0 Å². The van der Waals surface area contributed by atoms with Gasteiger partial charge in [0.15, 0.2) is 0 Å². The van der Waals surface area contributed by atoms with Gasteiger partial charge in [-0.3, -0.25) is 14.6 Å². The number of carbonyl (C=O) groups excluding carboxylic acids is 1. The summed E-state index contributed by atoms with van der Waals surface area (Å²) in [6.45, 7) is 3.24. The molecule has 0 bridgehead atoms. The predicted octanol–water partition coefficient (Wildman–Crippen LogP) is 4.55. The number of fused-ring (bicyclic) bond motifs is 1. The van der Waals surface area contributed by atoms with Gasteiger partial charge in [-0.2, -0.15) is 0 Å². The van der Waals surface area contributed by atoms with Crippen molar-refractivity contribution in [2.75, 3.05) is 18.4 Å². The van der Waals surface area contributed by atoms with Crippen molar-refractivity contribution in [1.82, 2.24) is 14.9 Å². The number of hydrogen-bond donors (Lipinski definition) is 2. The second-order valence-electron chi connectivity index (χ2n) is 8.20. The van der Waals surface area contributed by atoms with E-state index in [-0.39, 0.29) is 22.9 Å². The minimum absolute atomic E-state index is 0.202. The highest BCUT2D eigenvalue weighted by Gasteiger charge is 2.24. The van der Waals surface area contributed by atoms with E-state index in [1.165, 1.54) is 0 Å². The molecule has 1 atom stereocenters. The van der Waals surface area contributed by atoms with Gasteiger partial charge in [0.1, 0.15) is 5.56 Å². The number of benzene rings is 2. The Morgan fingerprint density at radius 1 is 1.19 bits per heavy atom. The summed E-state index contributed by atoms with van der Waals surface area (Å²) in [4.78, 5) is 30.0. The normalized spacial score (nSPS) is 14.8. The Labute approximate surface area is 190 Å². The molecule has 0 radical (unpaired) electrons. The molecule has 1 aliphatic heterocycles. The average molecular weight is 447 g/mol. The number of nitrogens with zero attached hydrogens (tertiary/aromatic N) is 2. The molecule has 1 aliphatic rings. The molecule has 5 rings (SSSR count). The zero-order valence-electron chi connectivity index (χ0n) is 17.7. The summed E-state index contributed by atoms with van der Waals surface area (Å²) < 4.78 is 2.06. The number of para-hydroxylation sites is 1. The van der Waals surface area contributed by atoms with E-state index < -0.39 is 0 Å². The van der Waals surface area contributed by atoms with Crippen LogP contribution in [0.2, 0.25) is 5.02 Å². The van der Waals surface area contributed by atoms with Crippen molar-refractivity contribution < 1.29 is 4.79 Å². The topological polar surface area (TPSA) is 76.0 Å². The van der Waals surface area contributed by atoms with Crippen LogP contribution in [0.5, 0.6) is 0 Å². The Morgan fingerprint density at radius 2 is 2.06 bits per heavy atom. The van der Waals surface area contributed by atoms with E-state index in [1.54, 1.807) is 12.4 Å². The van der Waals surface area contributed by atoms with E-state index in [2.05, 4.69) is 33.2 Å². The van der Waals surface area contributed by atoms with Crippen LogP contribution in [0.1, 0.15) is 35.3 Å². The molecule has 6 nitrogen and oxygen atoms in total. The molecule has 2 aromatic carbocycles. The van der Waals surface area contributed by atoms with E-state index >= 15 is 0 Å². The Balaban J connectivity index is 1.24. The van der Waals surface area contributed by atoms with Gasteiger partial charge in [-0.15, -0.1) is 0 Å². The number of pyridine rings is 2. The molecule has 7 heteroatoms. The number of rotatable bonds is 6. The van der Waals surface area contributed by atoms with E-state index in [0.717, 1.165) is 34.1 Å². The summed E-state index contributed by atoms with van der Waals surface area (Å²) in [6, 6.07) is 13.5. The number of aromatic nitrogens is 2. The number of amides is 1. The second kappa shape index (κ2) is 8.28. The van der Waals surface area contributed by atoms with Gasteiger partial charge in [0.2, 0.25) is 5.43 Å². The van der Waals surface area contributed by atoms with Crippen LogP contribution in [0.3, 0.4) is 0 Å². The lowest BCUT2D eigenvalue weighted by Gasteiger charge is -2.13. The molecule has 2 N–H and O–H groups in total. The van der Waals surface area contributed by atoms with Gasteiger partial charge in [0.25, 0.3) is 5.91 Å². The Bertz CT molecular complexity index is 1410. The first-order chi connectivity index (χ1) is 15.5.